The van der Waals surface area contributed by atoms with Crippen LogP contribution in [-0.4, -0.2) is 15.5 Å². The summed E-state index contributed by atoms with van der Waals surface area (Å²) in [6, 6.07) is 21.9. The van der Waals surface area contributed by atoms with Crippen molar-refractivity contribution in [3.63, 3.8) is 0 Å². The second-order valence-corrected chi connectivity index (χ2v) is 6.44. The van der Waals surface area contributed by atoms with E-state index >= 15 is 0 Å². The first-order chi connectivity index (χ1) is 13.3. The fourth-order valence-electron chi connectivity index (χ4n) is 3.19. The van der Waals surface area contributed by atoms with Crippen LogP contribution in [0.25, 0.3) is 11.0 Å². The Kier molecular flexibility index (Phi) is 5.01. The molecule has 2 aromatic carbocycles. The lowest BCUT2D eigenvalue weighted by atomic mass is 10.1. The Morgan fingerprint density at radius 2 is 1.78 bits per heavy atom. The van der Waals surface area contributed by atoms with Gasteiger partial charge in [-0.15, -0.1) is 0 Å². The molecular formula is C22H21N3O2. The van der Waals surface area contributed by atoms with Crippen molar-refractivity contribution in [1.82, 2.24) is 14.9 Å². The fourth-order valence-corrected chi connectivity index (χ4v) is 3.19. The van der Waals surface area contributed by atoms with Gasteiger partial charge in [0.05, 0.1) is 23.8 Å². The van der Waals surface area contributed by atoms with Crippen LogP contribution in [0.2, 0.25) is 0 Å². The summed E-state index contributed by atoms with van der Waals surface area (Å²) < 4.78 is 7.28. The molecule has 1 N–H and O–H groups in total. The number of rotatable bonds is 7. The van der Waals surface area contributed by atoms with Gasteiger partial charge < -0.3 is 14.3 Å². The molecule has 1 amide bonds. The molecule has 0 radical (unpaired) electrons. The summed E-state index contributed by atoms with van der Waals surface area (Å²) >= 11 is 0. The van der Waals surface area contributed by atoms with Gasteiger partial charge in [0.15, 0.2) is 0 Å². The van der Waals surface area contributed by atoms with Gasteiger partial charge >= 0.3 is 0 Å². The second-order valence-electron chi connectivity index (χ2n) is 6.44. The van der Waals surface area contributed by atoms with Gasteiger partial charge in [0, 0.05) is 6.42 Å². The number of benzene rings is 2. The Morgan fingerprint density at radius 3 is 2.59 bits per heavy atom. The van der Waals surface area contributed by atoms with Crippen molar-refractivity contribution in [2.75, 3.05) is 0 Å². The molecule has 0 aliphatic rings. The number of hydrogen-bond donors (Lipinski definition) is 1. The molecule has 4 rings (SSSR count). The highest BCUT2D eigenvalue weighted by Crippen LogP contribution is 2.17. The van der Waals surface area contributed by atoms with Crippen LogP contribution in [-0.2, 0) is 30.7 Å². The van der Waals surface area contributed by atoms with Crippen LogP contribution in [0.15, 0.2) is 77.4 Å². The van der Waals surface area contributed by atoms with Gasteiger partial charge in [-0.25, -0.2) is 4.98 Å². The number of aryl methyl sites for hydroxylation is 2. The Balaban J connectivity index is 1.51. The molecular weight excluding hydrogens is 338 g/mol. The van der Waals surface area contributed by atoms with Crippen LogP contribution in [0.5, 0.6) is 0 Å². The molecule has 4 aromatic rings. The summed E-state index contributed by atoms with van der Waals surface area (Å²) in [5.41, 5.74) is 3.16. The molecule has 0 saturated heterocycles. The molecule has 2 heterocycles. The molecule has 0 saturated carbocycles. The average Bonchev–Trinajstić information content (AvgIpc) is 3.34. The van der Waals surface area contributed by atoms with E-state index in [4.69, 9.17) is 9.40 Å². The minimum atomic E-state index is -0.0597. The zero-order valence-electron chi connectivity index (χ0n) is 15.0. The third kappa shape index (κ3) is 4.08. The van der Waals surface area contributed by atoms with Crippen molar-refractivity contribution in [2.24, 2.45) is 0 Å². The van der Waals surface area contributed by atoms with Gasteiger partial charge in [0.2, 0.25) is 5.91 Å². The zero-order chi connectivity index (χ0) is 18.5. The largest absolute Gasteiger partial charge is 0.467 e. The lowest BCUT2D eigenvalue weighted by Gasteiger charge is -2.10. The number of furan rings is 1. The van der Waals surface area contributed by atoms with Crippen LogP contribution < -0.4 is 5.32 Å². The lowest BCUT2D eigenvalue weighted by Crippen LogP contribution is -2.27. The van der Waals surface area contributed by atoms with E-state index in [2.05, 4.69) is 17.4 Å². The van der Waals surface area contributed by atoms with E-state index in [9.17, 15) is 4.79 Å². The molecule has 0 bridgehead atoms. The Labute approximate surface area is 157 Å². The first-order valence-electron chi connectivity index (χ1n) is 9.07. The lowest BCUT2D eigenvalue weighted by molar-refractivity contribution is -0.121. The third-order valence-electron chi connectivity index (χ3n) is 4.56. The molecule has 0 aliphatic heterocycles. The average molecular weight is 359 g/mol. The number of amides is 1. The van der Waals surface area contributed by atoms with E-state index in [1.165, 1.54) is 5.56 Å². The molecule has 0 spiro atoms. The summed E-state index contributed by atoms with van der Waals surface area (Å²) in [5.74, 6) is 1.60. The van der Waals surface area contributed by atoms with Crippen molar-refractivity contribution < 1.29 is 9.21 Å². The highest BCUT2D eigenvalue weighted by atomic mass is 16.3. The predicted molar refractivity (Wildman–Crippen MR) is 104 cm³/mol. The number of carbonyl (C=O) groups excluding carboxylic acids is 1. The number of aromatic nitrogens is 2. The van der Waals surface area contributed by atoms with E-state index in [1.807, 2.05) is 59.2 Å². The maximum atomic E-state index is 12.5. The Morgan fingerprint density at radius 1 is 0.963 bits per heavy atom. The number of imidazole rings is 1. The van der Waals surface area contributed by atoms with E-state index in [-0.39, 0.29) is 12.5 Å². The third-order valence-corrected chi connectivity index (χ3v) is 4.56. The van der Waals surface area contributed by atoms with Gasteiger partial charge in [-0.3, -0.25) is 4.79 Å². The topological polar surface area (TPSA) is 60.1 Å². The van der Waals surface area contributed by atoms with Crippen LogP contribution in [0.4, 0.5) is 0 Å². The highest BCUT2D eigenvalue weighted by molar-refractivity contribution is 5.81. The number of carbonyl (C=O) groups is 1. The maximum Gasteiger partial charge on any atom is 0.240 e. The van der Waals surface area contributed by atoms with Crippen LogP contribution in [0.3, 0.4) is 0 Å². The molecule has 0 unspecified atom stereocenters. The van der Waals surface area contributed by atoms with Crippen LogP contribution in [0, 0.1) is 0 Å². The van der Waals surface area contributed by atoms with Crippen molar-refractivity contribution in [1.29, 1.82) is 0 Å². The molecule has 0 atom stereocenters. The normalized spacial score (nSPS) is 11.0. The van der Waals surface area contributed by atoms with E-state index in [1.54, 1.807) is 6.26 Å². The van der Waals surface area contributed by atoms with Gasteiger partial charge in [-0.2, -0.15) is 0 Å². The highest BCUT2D eigenvalue weighted by Gasteiger charge is 2.13. The summed E-state index contributed by atoms with van der Waals surface area (Å²) in [5, 5.41) is 2.91. The molecule has 27 heavy (non-hydrogen) atoms. The zero-order valence-corrected chi connectivity index (χ0v) is 15.0. The molecule has 136 valence electrons. The SMILES string of the molecule is O=C(Cn1c(CCc2ccccc2)nc2ccccc21)NCc1ccco1. The van der Waals surface area contributed by atoms with Crippen LogP contribution in [0.1, 0.15) is 17.1 Å². The van der Waals surface area contributed by atoms with E-state index in [0.29, 0.717) is 6.54 Å². The van der Waals surface area contributed by atoms with E-state index in [0.717, 1.165) is 35.5 Å². The molecule has 5 nitrogen and oxygen atoms in total. The molecule has 2 aromatic heterocycles. The summed E-state index contributed by atoms with van der Waals surface area (Å²) in [6.07, 6.45) is 3.27. The minimum absolute atomic E-state index is 0.0597. The fraction of sp³-hybridized carbons (Fsp3) is 0.182. The van der Waals surface area contributed by atoms with E-state index < -0.39 is 0 Å². The first kappa shape index (κ1) is 17.1. The summed E-state index contributed by atoms with van der Waals surface area (Å²) in [6.45, 7) is 0.628. The smallest absolute Gasteiger partial charge is 0.240 e. The standard InChI is InChI=1S/C22H21N3O2/c26-22(23-15-18-9-6-14-27-18)16-25-20-11-5-4-10-19(20)24-21(25)13-12-17-7-2-1-3-8-17/h1-11,14H,12-13,15-16H2,(H,23,26). The number of nitrogens with zero attached hydrogens (tertiary/aromatic N) is 2. The molecule has 0 fully saturated rings. The number of para-hydroxylation sites is 2. The Hall–Kier alpha value is -3.34. The minimum Gasteiger partial charge on any atom is -0.467 e. The summed E-state index contributed by atoms with van der Waals surface area (Å²) in [4.78, 5) is 17.2. The summed E-state index contributed by atoms with van der Waals surface area (Å²) in [7, 11) is 0. The monoisotopic (exact) mass is 359 g/mol. The molecule has 5 heteroatoms. The number of hydrogen-bond acceptors (Lipinski definition) is 3. The predicted octanol–water partition coefficient (Wildman–Crippen LogP) is 3.73. The maximum absolute atomic E-state index is 12.5. The van der Waals surface area contributed by atoms with Crippen molar-refractivity contribution in [2.45, 2.75) is 25.9 Å². The van der Waals surface area contributed by atoms with Gasteiger partial charge in [0.1, 0.15) is 18.1 Å². The van der Waals surface area contributed by atoms with Crippen LogP contribution >= 0.6 is 0 Å². The van der Waals surface area contributed by atoms with Crippen molar-refractivity contribution in [3.8, 4) is 0 Å². The second kappa shape index (κ2) is 7.91. The molecule has 0 aliphatic carbocycles. The van der Waals surface area contributed by atoms with Crippen molar-refractivity contribution >= 4 is 16.9 Å². The van der Waals surface area contributed by atoms with Gasteiger partial charge in [0.25, 0.3) is 0 Å². The van der Waals surface area contributed by atoms with Gasteiger partial charge in [-0.05, 0) is 36.2 Å². The van der Waals surface area contributed by atoms with Gasteiger partial charge in [-0.1, -0.05) is 42.5 Å². The number of nitrogens with one attached hydrogen (secondary N) is 1. The Bertz CT molecular complexity index is 1020. The quantitative estimate of drug-likeness (QED) is 0.547. The first-order valence-corrected chi connectivity index (χ1v) is 9.07. The van der Waals surface area contributed by atoms with Crippen molar-refractivity contribution in [3.05, 3.63) is 90.1 Å². The number of fused-ring (bicyclic) bond motifs is 1.